The molecule has 6 heteroatoms. The maximum Gasteiger partial charge on any atom is 0.268 e. The Morgan fingerprint density at radius 3 is 2.88 bits per heavy atom. The van der Waals surface area contributed by atoms with Crippen molar-refractivity contribution in [2.24, 2.45) is 5.92 Å². The monoisotopic (exact) mass is 349 g/mol. The number of rotatable bonds is 5. The van der Waals surface area contributed by atoms with E-state index in [1.165, 1.54) is 6.07 Å². The maximum absolute atomic E-state index is 11.5. The van der Waals surface area contributed by atoms with Crippen molar-refractivity contribution >= 4 is 28.5 Å². The molecular weight excluding hydrogens is 333 g/mol. The van der Waals surface area contributed by atoms with E-state index in [9.17, 15) is 9.59 Å². The van der Waals surface area contributed by atoms with E-state index in [4.69, 9.17) is 0 Å². The second-order valence-electron chi connectivity index (χ2n) is 4.20. The molecular formula is C11H16IN3O2. The fourth-order valence-electron chi connectivity index (χ4n) is 1.22. The fourth-order valence-corrected chi connectivity index (χ4v) is 1.61. The van der Waals surface area contributed by atoms with Gasteiger partial charge in [0, 0.05) is 16.2 Å². The van der Waals surface area contributed by atoms with Gasteiger partial charge in [-0.1, -0.05) is 13.8 Å². The van der Waals surface area contributed by atoms with Gasteiger partial charge in [0.25, 0.3) is 5.56 Å². The number of nitrogens with zero attached hydrogens (tertiary/aromatic N) is 2. The van der Waals surface area contributed by atoms with Crippen molar-refractivity contribution in [3.8, 4) is 0 Å². The summed E-state index contributed by atoms with van der Waals surface area (Å²) in [7, 11) is 0. The van der Waals surface area contributed by atoms with E-state index in [2.05, 4.69) is 24.3 Å². The first-order valence-corrected chi connectivity index (χ1v) is 6.56. The van der Waals surface area contributed by atoms with E-state index < -0.39 is 0 Å². The zero-order valence-corrected chi connectivity index (χ0v) is 12.1. The van der Waals surface area contributed by atoms with Gasteiger partial charge in [-0.15, -0.1) is 0 Å². The first-order valence-electron chi connectivity index (χ1n) is 5.48. The molecule has 0 aliphatic rings. The topological polar surface area (TPSA) is 64.0 Å². The van der Waals surface area contributed by atoms with Gasteiger partial charge in [0.05, 0.1) is 6.20 Å². The average Bonchev–Trinajstić information content (AvgIpc) is 2.21. The van der Waals surface area contributed by atoms with Crippen LogP contribution in [0.3, 0.4) is 0 Å². The van der Waals surface area contributed by atoms with Crippen molar-refractivity contribution < 1.29 is 4.79 Å². The third-order valence-corrected chi connectivity index (χ3v) is 2.76. The predicted molar refractivity (Wildman–Crippen MR) is 73.7 cm³/mol. The number of aromatic nitrogens is 2. The molecule has 1 heterocycles. The van der Waals surface area contributed by atoms with Crippen molar-refractivity contribution in [3.63, 3.8) is 0 Å². The SMILES string of the molecule is CC(C)CCNC(=O)Cn1ncc(I)cc1=O. The van der Waals surface area contributed by atoms with Crippen molar-refractivity contribution in [2.75, 3.05) is 6.54 Å². The summed E-state index contributed by atoms with van der Waals surface area (Å²) in [6, 6.07) is 1.45. The van der Waals surface area contributed by atoms with Crippen molar-refractivity contribution in [1.29, 1.82) is 0 Å². The lowest BCUT2D eigenvalue weighted by atomic mass is 10.1. The zero-order valence-electron chi connectivity index (χ0n) is 9.94. The van der Waals surface area contributed by atoms with Crippen LogP contribution in [0.15, 0.2) is 17.1 Å². The highest BCUT2D eigenvalue weighted by atomic mass is 127. The molecule has 5 nitrogen and oxygen atoms in total. The van der Waals surface area contributed by atoms with E-state index in [0.717, 1.165) is 14.7 Å². The smallest absolute Gasteiger partial charge is 0.268 e. The molecule has 1 rings (SSSR count). The summed E-state index contributed by atoms with van der Waals surface area (Å²) in [6.45, 7) is 4.80. The first kappa shape index (κ1) is 14.1. The number of halogens is 1. The Kier molecular flexibility index (Phi) is 5.60. The Bertz CT molecular complexity index is 443. The van der Waals surface area contributed by atoms with E-state index in [-0.39, 0.29) is 18.0 Å². The van der Waals surface area contributed by atoms with Crippen LogP contribution in [-0.4, -0.2) is 22.2 Å². The van der Waals surface area contributed by atoms with Crippen LogP contribution in [0.1, 0.15) is 20.3 Å². The van der Waals surface area contributed by atoms with Gasteiger partial charge in [0.1, 0.15) is 6.54 Å². The van der Waals surface area contributed by atoms with Gasteiger partial charge in [-0.3, -0.25) is 9.59 Å². The second kappa shape index (κ2) is 6.73. The van der Waals surface area contributed by atoms with Gasteiger partial charge in [0.2, 0.25) is 5.91 Å². The summed E-state index contributed by atoms with van der Waals surface area (Å²) in [5, 5.41) is 6.66. The number of amides is 1. The lowest BCUT2D eigenvalue weighted by molar-refractivity contribution is -0.121. The Balaban J connectivity index is 2.48. The lowest BCUT2D eigenvalue weighted by Crippen LogP contribution is -2.34. The summed E-state index contributed by atoms with van der Waals surface area (Å²) < 4.78 is 1.93. The Morgan fingerprint density at radius 2 is 2.29 bits per heavy atom. The quantitative estimate of drug-likeness (QED) is 0.807. The molecule has 17 heavy (non-hydrogen) atoms. The van der Waals surface area contributed by atoms with Crippen LogP contribution in [0.4, 0.5) is 0 Å². The standard InChI is InChI=1S/C11H16IN3O2/c1-8(2)3-4-13-10(16)7-15-11(17)5-9(12)6-14-15/h5-6,8H,3-4,7H2,1-2H3,(H,13,16). The van der Waals surface area contributed by atoms with Gasteiger partial charge >= 0.3 is 0 Å². The van der Waals surface area contributed by atoms with Gasteiger partial charge in [-0.05, 0) is 34.9 Å². The summed E-state index contributed by atoms with van der Waals surface area (Å²) in [4.78, 5) is 23.0. The molecule has 0 atom stereocenters. The van der Waals surface area contributed by atoms with Crippen LogP contribution in [0.5, 0.6) is 0 Å². The summed E-state index contributed by atoms with van der Waals surface area (Å²) >= 11 is 2.01. The minimum absolute atomic E-state index is 0.0200. The minimum atomic E-state index is -0.254. The molecule has 0 aromatic carbocycles. The van der Waals surface area contributed by atoms with Crippen LogP contribution in [0.2, 0.25) is 0 Å². The number of carbonyl (C=O) groups is 1. The number of carbonyl (C=O) groups excluding carboxylic acids is 1. The summed E-state index contributed by atoms with van der Waals surface area (Å²) in [5.74, 6) is 0.371. The van der Waals surface area contributed by atoms with E-state index >= 15 is 0 Å². The molecule has 0 saturated heterocycles. The molecule has 0 unspecified atom stereocenters. The van der Waals surface area contributed by atoms with E-state index in [1.807, 2.05) is 22.6 Å². The minimum Gasteiger partial charge on any atom is -0.354 e. The number of hydrogen-bond donors (Lipinski definition) is 1. The van der Waals surface area contributed by atoms with Gasteiger partial charge in [-0.25, -0.2) is 4.68 Å². The zero-order chi connectivity index (χ0) is 12.8. The molecule has 0 saturated carbocycles. The Labute approximate surface area is 114 Å². The molecule has 1 N–H and O–H groups in total. The molecule has 0 bridgehead atoms. The molecule has 1 aromatic heterocycles. The molecule has 0 fully saturated rings. The number of nitrogens with one attached hydrogen (secondary N) is 1. The molecule has 1 aromatic rings. The Hall–Kier alpha value is -0.920. The highest BCUT2D eigenvalue weighted by molar-refractivity contribution is 14.1. The van der Waals surface area contributed by atoms with Gasteiger partial charge in [0.15, 0.2) is 0 Å². The van der Waals surface area contributed by atoms with E-state index in [1.54, 1.807) is 6.20 Å². The molecule has 94 valence electrons. The predicted octanol–water partition coefficient (Wildman–Crippen LogP) is 1.01. The van der Waals surface area contributed by atoms with Crippen molar-refractivity contribution in [3.05, 3.63) is 26.2 Å². The second-order valence-corrected chi connectivity index (χ2v) is 5.45. The summed E-state index contributed by atoms with van der Waals surface area (Å²) in [6.07, 6.45) is 2.49. The highest BCUT2D eigenvalue weighted by Gasteiger charge is 2.05. The fraction of sp³-hybridized carbons (Fsp3) is 0.545. The molecule has 0 aliphatic carbocycles. The normalized spacial score (nSPS) is 10.6. The van der Waals surface area contributed by atoms with Crippen LogP contribution in [-0.2, 0) is 11.3 Å². The largest absolute Gasteiger partial charge is 0.354 e. The van der Waals surface area contributed by atoms with Crippen LogP contribution < -0.4 is 10.9 Å². The Morgan fingerprint density at radius 1 is 1.59 bits per heavy atom. The van der Waals surface area contributed by atoms with Crippen molar-refractivity contribution in [1.82, 2.24) is 15.1 Å². The van der Waals surface area contributed by atoms with Crippen LogP contribution in [0.25, 0.3) is 0 Å². The third kappa shape index (κ3) is 5.29. The third-order valence-electron chi connectivity index (χ3n) is 2.17. The van der Waals surface area contributed by atoms with Crippen LogP contribution >= 0.6 is 22.6 Å². The maximum atomic E-state index is 11.5. The molecule has 0 spiro atoms. The molecule has 1 amide bonds. The van der Waals surface area contributed by atoms with Crippen molar-refractivity contribution in [2.45, 2.75) is 26.8 Å². The number of hydrogen-bond acceptors (Lipinski definition) is 3. The highest BCUT2D eigenvalue weighted by Crippen LogP contribution is 1.97. The van der Waals surface area contributed by atoms with Gasteiger partial charge in [-0.2, -0.15) is 5.10 Å². The molecule has 0 aliphatic heterocycles. The van der Waals surface area contributed by atoms with Gasteiger partial charge < -0.3 is 5.32 Å². The average molecular weight is 349 g/mol. The van der Waals surface area contributed by atoms with Crippen LogP contribution in [0, 0.1) is 9.49 Å². The lowest BCUT2D eigenvalue weighted by Gasteiger charge is -2.07. The molecule has 0 radical (unpaired) electrons. The summed E-state index contributed by atoms with van der Waals surface area (Å²) in [5.41, 5.74) is -0.254. The first-order chi connectivity index (χ1) is 7.99. The van der Waals surface area contributed by atoms with E-state index in [0.29, 0.717) is 12.5 Å².